The molecule has 0 spiro atoms. The van der Waals surface area contributed by atoms with Crippen molar-refractivity contribution in [3.8, 4) is 0 Å². The number of hydrogen-bond acceptors (Lipinski definition) is 3. The molecule has 0 radical (unpaired) electrons. The molecule has 0 saturated heterocycles. The predicted molar refractivity (Wildman–Crippen MR) is 72.9 cm³/mol. The van der Waals surface area contributed by atoms with Crippen LogP contribution < -0.4 is 5.56 Å². The van der Waals surface area contributed by atoms with E-state index in [0.29, 0.717) is 11.2 Å². The summed E-state index contributed by atoms with van der Waals surface area (Å²) in [5.41, 5.74) is -1.16. The van der Waals surface area contributed by atoms with Gasteiger partial charge in [0.1, 0.15) is 5.69 Å². The molecule has 10 heteroatoms. The lowest BCUT2D eigenvalue weighted by Crippen LogP contribution is -2.23. The van der Waals surface area contributed by atoms with Crippen molar-refractivity contribution in [1.82, 2.24) is 19.3 Å². The maximum Gasteiger partial charge on any atom is 0.433 e. The molecule has 2 aromatic heterocycles. The molecule has 0 aliphatic rings. The Kier molecular flexibility index (Phi) is 4.24. The third kappa shape index (κ3) is 3.35. The van der Waals surface area contributed by atoms with Gasteiger partial charge in [0, 0.05) is 24.4 Å². The van der Waals surface area contributed by atoms with E-state index in [0.717, 1.165) is 6.07 Å². The average molecular weight is 339 g/mol. The van der Waals surface area contributed by atoms with Crippen molar-refractivity contribution in [2.24, 2.45) is 0 Å². The number of aromatic nitrogens is 4. The van der Waals surface area contributed by atoms with Crippen LogP contribution in [-0.4, -0.2) is 19.3 Å². The van der Waals surface area contributed by atoms with Gasteiger partial charge in [-0.3, -0.25) is 14.0 Å². The molecule has 0 atom stereocenters. The summed E-state index contributed by atoms with van der Waals surface area (Å²) >= 11 is 10.5. The number of hydrogen-bond donors (Lipinski definition) is 1. The number of alkyl halides is 3. The molecule has 0 fully saturated rings. The SMILES string of the molecule is CCn1c(=O)cc(Cn2nc(Cl)cc2C(F)(F)F)[nH]c1=S. The summed E-state index contributed by atoms with van der Waals surface area (Å²) in [6, 6.07) is 1.92. The van der Waals surface area contributed by atoms with E-state index in [2.05, 4.69) is 10.1 Å². The molecular formula is C11H10ClF3N4OS. The van der Waals surface area contributed by atoms with Gasteiger partial charge in [-0.2, -0.15) is 18.3 Å². The minimum atomic E-state index is -4.59. The van der Waals surface area contributed by atoms with Gasteiger partial charge >= 0.3 is 6.18 Å². The molecule has 0 aliphatic carbocycles. The molecule has 2 aromatic rings. The summed E-state index contributed by atoms with van der Waals surface area (Å²) in [6.07, 6.45) is -4.59. The summed E-state index contributed by atoms with van der Waals surface area (Å²) in [6.45, 7) is 1.82. The van der Waals surface area contributed by atoms with E-state index >= 15 is 0 Å². The third-order valence-electron chi connectivity index (χ3n) is 2.75. The second-order valence-corrected chi connectivity index (χ2v) is 4.96. The molecule has 1 N–H and O–H groups in total. The Labute approximate surface area is 127 Å². The van der Waals surface area contributed by atoms with Gasteiger partial charge in [-0.15, -0.1) is 0 Å². The molecular weight excluding hydrogens is 329 g/mol. The van der Waals surface area contributed by atoms with Crippen LogP contribution in [0.3, 0.4) is 0 Å². The van der Waals surface area contributed by atoms with E-state index in [-0.39, 0.29) is 27.7 Å². The quantitative estimate of drug-likeness (QED) is 0.876. The van der Waals surface area contributed by atoms with Gasteiger partial charge in [0.25, 0.3) is 5.56 Å². The molecule has 0 unspecified atom stereocenters. The normalized spacial score (nSPS) is 11.9. The smallest absolute Gasteiger partial charge is 0.334 e. The number of rotatable bonds is 3. The number of halogens is 4. The van der Waals surface area contributed by atoms with E-state index in [4.69, 9.17) is 23.8 Å². The van der Waals surface area contributed by atoms with Gasteiger partial charge in [0.05, 0.1) is 6.54 Å². The van der Waals surface area contributed by atoms with Crippen molar-refractivity contribution < 1.29 is 13.2 Å². The van der Waals surface area contributed by atoms with E-state index < -0.39 is 11.9 Å². The summed E-state index contributed by atoms with van der Waals surface area (Å²) in [5.74, 6) is 0. The number of nitrogens with zero attached hydrogens (tertiary/aromatic N) is 3. The monoisotopic (exact) mass is 338 g/mol. The Morgan fingerprint density at radius 2 is 2.10 bits per heavy atom. The lowest BCUT2D eigenvalue weighted by atomic mass is 10.3. The molecule has 0 aromatic carbocycles. The molecule has 5 nitrogen and oxygen atoms in total. The molecule has 0 amide bonds. The highest BCUT2D eigenvalue weighted by atomic mass is 35.5. The number of H-pyrrole nitrogens is 1. The van der Waals surface area contributed by atoms with Gasteiger partial charge < -0.3 is 4.98 Å². The van der Waals surface area contributed by atoms with Crippen molar-refractivity contribution >= 4 is 23.8 Å². The average Bonchev–Trinajstić information content (AvgIpc) is 2.69. The zero-order valence-electron chi connectivity index (χ0n) is 10.7. The first-order chi connectivity index (χ1) is 9.72. The van der Waals surface area contributed by atoms with Gasteiger partial charge in [-0.25, -0.2) is 0 Å². The Hall–Kier alpha value is -1.61. The third-order valence-corrected chi connectivity index (χ3v) is 3.26. The minimum Gasteiger partial charge on any atom is -0.334 e. The van der Waals surface area contributed by atoms with E-state index in [1.807, 2.05) is 0 Å². The molecule has 0 aliphatic heterocycles. The standard InChI is InChI=1S/C11H10ClF3N4OS/c1-2-18-9(20)3-6(16-10(18)21)5-19-7(11(13,14)15)4-8(12)17-19/h3-4H,2,5H2,1H3,(H,16,21). The molecule has 2 heterocycles. The van der Waals surface area contributed by atoms with Crippen LogP contribution in [0.4, 0.5) is 13.2 Å². The Balaban J connectivity index is 2.44. The van der Waals surface area contributed by atoms with E-state index in [9.17, 15) is 18.0 Å². The van der Waals surface area contributed by atoms with Crippen molar-refractivity contribution in [3.05, 3.63) is 43.8 Å². The van der Waals surface area contributed by atoms with Gasteiger partial charge in [-0.1, -0.05) is 11.6 Å². The van der Waals surface area contributed by atoms with Crippen molar-refractivity contribution in [1.29, 1.82) is 0 Å². The van der Waals surface area contributed by atoms with Gasteiger partial charge in [0.15, 0.2) is 9.92 Å². The van der Waals surface area contributed by atoms with E-state index in [1.165, 1.54) is 10.6 Å². The van der Waals surface area contributed by atoms with Crippen LogP contribution in [0.15, 0.2) is 16.9 Å². The maximum absolute atomic E-state index is 12.8. The first-order valence-corrected chi connectivity index (χ1v) is 6.64. The van der Waals surface area contributed by atoms with Crippen LogP contribution in [0.5, 0.6) is 0 Å². The zero-order chi connectivity index (χ0) is 15.8. The van der Waals surface area contributed by atoms with Crippen LogP contribution in [0.2, 0.25) is 5.15 Å². The summed E-state index contributed by atoms with van der Waals surface area (Å²) < 4.78 is 40.6. The number of aromatic amines is 1. The maximum atomic E-state index is 12.8. The lowest BCUT2D eigenvalue weighted by molar-refractivity contribution is -0.144. The first-order valence-electron chi connectivity index (χ1n) is 5.86. The first kappa shape index (κ1) is 15.8. The Morgan fingerprint density at radius 1 is 1.43 bits per heavy atom. The van der Waals surface area contributed by atoms with Crippen LogP contribution in [0.25, 0.3) is 0 Å². The summed E-state index contributed by atoms with van der Waals surface area (Å²) in [7, 11) is 0. The largest absolute Gasteiger partial charge is 0.433 e. The molecule has 0 saturated carbocycles. The lowest BCUT2D eigenvalue weighted by Gasteiger charge is -2.11. The zero-order valence-corrected chi connectivity index (χ0v) is 12.3. The Bertz CT molecular complexity index is 746. The second kappa shape index (κ2) is 5.64. The predicted octanol–water partition coefficient (Wildman–Crippen LogP) is 2.84. The van der Waals surface area contributed by atoms with Crippen LogP contribution in [0.1, 0.15) is 18.3 Å². The topological polar surface area (TPSA) is 55.6 Å². The van der Waals surface area contributed by atoms with Crippen LogP contribution in [0, 0.1) is 4.77 Å². The fourth-order valence-corrected chi connectivity index (χ4v) is 2.39. The van der Waals surface area contributed by atoms with E-state index in [1.54, 1.807) is 6.92 Å². The fraction of sp³-hybridized carbons (Fsp3) is 0.364. The second-order valence-electron chi connectivity index (χ2n) is 4.19. The molecule has 114 valence electrons. The summed E-state index contributed by atoms with van der Waals surface area (Å²) in [5, 5.41) is 3.30. The van der Waals surface area contributed by atoms with Gasteiger partial charge in [0.2, 0.25) is 0 Å². The van der Waals surface area contributed by atoms with Crippen LogP contribution in [-0.2, 0) is 19.3 Å². The minimum absolute atomic E-state index is 0.145. The molecule has 2 rings (SSSR count). The number of nitrogens with one attached hydrogen (secondary N) is 1. The van der Waals surface area contributed by atoms with Crippen molar-refractivity contribution in [2.45, 2.75) is 26.2 Å². The summed E-state index contributed by atoms with van der Waals surface area (Å²) in [4.78, 5) is 14.5. The molecule has 0 bridgehead atoms. The van der Waals surface area contributed by atoms with Crippen LogP contribution >= 0.6 is 23.8 Å². The van der Waals surface area contributed by atoms with Crippen molar-refractivity contribution in [2.75, 3.05) is 0 Å². The highest BCUT2D eigenvalue weighted by Gasteiger charge is 2.35. The molecule has 21 heavy (non-hydrogen) atoms. The van der Waals surface area contributed by atoms with Crippen molar-refractivity contribution in [3.63, 3.8) is 0 Å². The highest BCUT2D eigenvalue weighted by Crippen LogP contribution is 2.31. The Morgan fingerprint density at radius 3 is 2.62 bits per heavy atom. The van der Waals surface area contributed by atoms with Gasteiger partial charge in [-0.05, 0) is 19.1 Å². The fourth-order valence-electron chi connectivity index (χ4n) is 1.85. The highest BCUT2D eigenvalue weighted by molar-refractivity contribution is 7.71.